The first-order valence-corrected chi connectivity index (χ1v) is 8.03. The highest BCUT2D eigenvalue weighted by Gasteiger charge is 2.20. The van der Waals surface area contributed by atoms with Crippen LogP contribution in [0.25, 0.3) is 0 Å². The summed E-state index contributed by atoms with van der Waals surface area (Å²) >= 11 is 0. The minimum Gasteiger partial charge on any atom is -0.325 e. The molecule has 0 radical (unpaired) electrons. The molecule has 1 aliphatic rings. The minimum atomic E-state index is -3.30. The lowest BCUT2D eigenvalue weighted by atomic mass is 10.3. The van der Waals surface area contributed by atoms with E-state index in [0.29, 0.717) is 24.7 Å². The molecule has 0 unspecified atom stereocenters. The Balaban J connectivity index is 1.82. The molecule has 2 N–H and O–H groups in total. The van der Waals surface area contributed by atoms with Gasteiger partial charge in [-0.2, -0.15) is 0 Å². The van der Waals surface area contributed by atoms with Crippen molar-refractivity contribution >= 4 is 21.4 Å². The van der Waals surface area contributed by atoms with E-state index >= 15 is 0 Å². The van der Waals surface area contributed by atoms with Gasteiger partial charge in [0.05, 0.1) is 11.9 Å². The minimum absolute atomic E-state index is 0.000832. The summed E-state index contributed by atoms with van der Waals surface area (Å²) in [6.07, 6.45) is 5.22. The van der Waals surface area contributed by atoms with Crippen LogP contribution in [0.4, 0.5) is 5.69 Å². The molecule has 0 bridgehead atoms. The van der Waals surface area contributed by atoms with Crippen molar-refractivity contribution in [1.29, 1.82) is 0 Å². The van der Waals surface area contributed by atoms with Crippen LogP contribution in [0.5, 0.6) is 0 Å². The Kier molecular flexibility index (Phi) is 4.16. The smallest absolute Gasteiger partial charge is 0.225 e. The molecule has 0 atom stereocenters. The average molecular weight is 283 g/mol. The second-order valence-corrected chi connectivity index (χ2v) is 6.65. The van der Waals surface area contributed by atoms with Gasteiger partial charge in [-0.1, -0.05) is 0 Å². The molecule has 6 nitrogen and oxygen atoms in total. The number of hydrogen-bond acceptors (Lipinski definition) is 5. The highest BCUT2D eigenvalue weighted by molar-refractivity contribution is 7.90. The summed E-state index contributed by atoms with van der Waals surface area (Å²) in [6, 6.07) is 3.51. The number of nitrogens with one attached hydrogen (secondary N) is 2. The van der Waals surface area contributed by atoms with E-state index in [0.717, 1.165) is 6.26 Å². The first-order chi connectivity index (χ1) is 8.95. The molecule has 19 heavy (non-hydrogen) atoms. The van der Waals surface area contributed by atoms with E-state index in [9.17, 15) is 13.2 Å². The molecule has 0 aliphatic heterocycles. The van der Waals surface area contributed by atoms with Gasteiger partial charge in [-0.05, 0) is 25.0 Å². The molecule has 1 aromatic heterocycles. The van der Waals surface area contributed by atoms with E-state index in [1.165, 1.54) is 31.2 Å². The fourth-order valence-electron chi connectivity index (χ4n) is 1.57. The number of hydrogen-bond donors (Lipinski definition) is 2. The molecule has 1 aliphatic carbocycles. The van der Waals surface area contributed by atoms with Crippen molar-refractivity contribution in [2.75, 3.05) is 18.1 Å². The molecule has 104 valence electrons. The summed E-state index contributed by atoms with van der Waals surface area (Å²) in [6.45, 7) is 0.658. The highest BCUT2D eigenvalue weighted by atomic mass is 32.2. The van der Waals surface area contributed by atoms with Crippen molar-refractivity contribution in [3.05, 3.63) is 18.3 Å². The Bertz CT molecular complexity index is 550. The third-order valence-corrected chi connectivity index (χ3v) is 3.76. The Hall–Kier alpha value is -1.47. The molecule has 0 aromatic carbocycles. The standard InChI is InChI=1S/C12H17N3O3S/c1-19(17,18)12-5-4-10(8-14-12)15-11(16)6-7-13-9-2-3-9/h4-5,8-9,13H,2-3,6-7H2,1H3,(H,15,16). The maximum atomic E-state index is 11.6. The quantitative estimate of drug-likeness (QED) is 0.796. The van der Waals surface area contributed by atoms with Gasteiger partial charge in [-0.15, -0.1) is 0 Å². The maximum Gasteiger partial charge on any atom is 0.225 e. The van der Waals surface area contributed by atoms with Crippen LogP contribution >= 0.6 is 0 Å². The Morgan fingerprint density at radius 3 is 2.68 bits per heavy atom. The lowest BCUT2D eigenvalue weighted by Gasteiger charge is -2.06. The van der Waals surface area contributed by atoms with Crippen LogP contribution in [0.15, 0.2) is 23.4 Å². The van der Waals surface area contributed by atoms with E-state index in [4.69, 9.17) is 0 Å². The number of anilines is 1. The summed E-state index contributed by atoms with van der Waals surface area (Å²) in [7, 11) is -3.30. The zero-order valence-electron chi connectivity index (χ0n) is 10.7. The summed E-state index contributed by atoms with van der Waals surface area (Å²) in [5.74, 6) is -0.109. The second kappa shape index (κ2) is 5.66. The number of rotatable bonds is 6. The molecular weight excluding hydrogens is 266 g/mol. The maximum absolute atomic E-state index is 11.6. The number of amides is 1. The number of carbonyl (C=O) groups excluding carboxylic acids is 1. The summed E-state index contributed by atoms with van der Waals surface area (Å²) in [5, 5.41) is 5.93. The molecule has 1 heterocycles. The summed E-state index contributed by atoms with van der Waals surface area (Å²) in [4.78, 5) is 15.4. The van der Waals surface area contributed by atoms with Crippen LogP contribution in [0, 0.1) is 0 Å². The number of nitrogens with zero attached hydrogens (tertiary/aromatic N) is 1. The normalized spacial score (nSPS) is 15.2. The zero-order valence-corrected chi connectivity index (χ0v) is 11.5. The van der Waals surface area contributed by atoms with E-state index < -0.39 is 9.84 Å². The summed E-state index contributed by atoms with van der Waals surface area (Å²) < 4.78 is 22.4. The number of sulfone groups is 1. The van der Waals surface area contributed by atoms with Crippen molar-refractivity contribution in [2.45, 2.75) is 30.3 Å². The fourth-order valence-corrected chi connectivity index (χ4v) is 2.13. The van der Waals surface area contributed by atoms with Crippen LogP contribution in [-0.4, -0.2) is 38.2 Å². The number of carbonyl (C=O) groups is 1. The largest absolute Gasteiger partial charge is 0.325 e. The molecule has 7 heteroatoms. The molecular formula is C12H17N3O3S. The van der Waals surface area contributed by atoms with Crippen molar-refractivity contribution in [3.8, 4) is 0 Å². The third-order valence-electron chi connectivity index (χ3n) is 2.76. The van der Waals surface area contributed by atoms with Crippen molar-refractivity contribution in [2.24, 2.45) is 0 Å². The van der Waals surface area contributed by atoms with Gasteiger partial charge in [0.25, 0.3) is 0 Å². The number of aromatic nitrogens is 1. The van der Waals surface area contributed by atoms with Crippen LogP contribution in [0.1, 0.15) is 19.3 Å². The number of pyridine rings is 1. The van der Waals surface area contributed by atoms with Gasteiger partial charge >= 0.3 is 0 Å². The second-order valence-electron chi connectivity index (χ2n) is 4.68. The Morgan fingerprint density at radius 1 is 1.42 bits per heavy atom. The first kappa shape index (κ1) is 14.0. The van der Waals surface area contributed by atoms with Crippen LogP contribution in [0.2, 0.25) is 0 Å². The van der Waals surface area contributed by atoms with E-state index in [1.807, 2.05) is 0 Å². The lowest BCUT2D eigenvalue weighted by Crippen LogP contribution is -2.23. The monoisotopic (exact) mass is 283 g/mol. The topological polar surface area (TPSA) is 88.2 Å². The van der Waals surface area contributed by atoms with Gasteiger partial charge in [-0.25, -0.2) is 13.4 Å². The lowest BCUT2D eigenvalue weighted by molar-refractivity contribution is -0.116. The van der Waals surface area contributed by atoms with Crippen LogP contribution < -0.4 is 10.6 Å². The molecule has 2 rings (SSSR count). The van der Waals surface area contributed by atoms with E-state index in [-0.39, 0.29) is 10.9 Å². The average Bonchev–Trinajstić information content (AvgIpc) is 3.12. The first-order valence-electron chi connectivity index (χ1n) is 6.14. The van der Waals surface area contributed by atoms with Crippen molar-refractivity contribution in [1.82, 2.24) is 10.3 Å². The third kappa shape index (κ3) is 4.60. The van der Waals surface area contributed by atoms with E-state index in [2.05, 4.69) is 15.6 Å². The van der Waals surface area contributed by atoms with Crippen LogP contribution in [-0.2, 0) is 14.6 Å². The zero-order chi connectivity index (χ0) is 13.9. The molecule has 1 amide bonds. The van der Waals surface area contributed by atoms with Gasteiger partial charge in [0.15, 0.2) is 14.9 Å². The highest BCUT2D eigenvalue weighted by Crippen LogP contribution is 2.18. The Morgan fingerprint density at radius 2 is 2.16 bits per heavy atom. The SMILES string of the molecule is CS(=O)(=O)c1ccc(NC(=O)CCNC2CC2)cn1. The van der Waals surface area contributed by atoms with Crippen molar-refractivity contribution < 1.29 is 13.2 Å². The van der Waals surface area contributed by atoms with Gasteiger partial charge < -0.3 is 10.6 Å². The predicted molar refractivity (Wildman–Crippen MR) is 71.6 cm³/mol. The molecule has 1 fully saturated rings. The predicted octanol–water partition coefficient (Wildman–Crippen LogP) is 0.566. The van der Waals surface area contributed by atoms with E-state index in [1.54, 1.807) is 0 Å². The molecule has 0 saturated heterocycles. The van der Waals surface area contributed by atoms with Crippen LogP contribution in [0.3, 0.4) is 0 Å². The van der Waals surface area contributed by atoms with Gasteiger partial charge in [0, 0.05) is 25.3 Å². The van der Waals surface area contributed by atoms with Gasteiger partial charge in [0.1, 0.15) is 0 Å². The van der Waals surface area contributed by atoms with Gasteiger partial charge in [-0.3, -0.25) is 4.79 Å². The van der Waals surface area contributed by atoms with Crippen molar-refractivity contribution in [3.63, 3.8) is 0 Å². The molecule has 0 spiro atoms. The fraction of sp³-hybridized carbons (Fsp3) is 0.500. The molecule has 1 aromatic rings. The Labute approximate surface area is 112 Å². The molecule has 1 saturated carbocycles. The summed E-state index contributed by atoms with van der Waals surface area (Å²) in [5.41, 5.74) is 0.504. The van der Waals surface area contributed by atoms with Gasteiger partial charge in [0.2, 0.25) is 5.91 Å².